The van der Waals surface area contributed by atoms with E-state index in [2.05, 4.69) is 10.6 Å². The van der Waals surface area contributed by atoms with Crippen LogP contribution in [0.3, 0.4) is 0 Å². The SMILES string of the molecule is CCOC(=O)C1=C(C)N=c2s/c(=C/c3c(C)n(Cc4ccc(C(=O)OCC)cc4)c4ccccc34)c(=O)n2[C@H]1c1ccc(OC(C)C)c(OC)c1. The molecule has 10 nitrogen and oxygen atoms in total. The van der Waals surface area contributed by atoms with Crippen LogP contribution >= 0.6 is 11.3 Å². The molecule has 6 rings (SSSR count). The van der Waals surface area contributed by atoms with Crippen LogP contribution in [0.2, 0.25) is 0 Å². The maximum Gasteiger partial charge on any atom is 0.338 e. The Morgan fingerprint density at radius 3 is 2.33 bits per heavy atom. The second-order valence-corrected chi connectivity index (χ2v) is 13.4. The molecule has 11 heteroatoms. The molecule has 3 heterocycles. The Hall–Kier alpha value is -5.42. The molecule has 264 valence electrons. The Bertz CT molecular complexity index is 2350. The summed E-state index contributed by atoms with van der Waals surface area (Å²) < 4.78 is 26.5. The first kappa shape index (κ1) is 35.4. The first-order valence-electron chi connectivity index (χ1n) is 16.9. The Morgan fingerprint density at radius 2 is 1.65 bits per heavy atom. The molecular formula is C40H41N3O7S. The number of ether oxygens (including phenoxy) is 4. The number of fused-ring (bicyclic) bond motifs is 2. The summed E-state index contributed by atoms with van der Waals surface area (Å²) >= 11 is 1.28. The molecule has 51 heavy (non-hydrogen) atoms. The lowest BCUT2D eigenvalue weighted by Crippen LogP contribution is -2.40. The van der Waals surface area contributed by atoms with Gasteiger partial charge in [0.15, 0.2) is 16.3 Å². The summed E-state index contributed by atoms with van der Waals surface area (Å²) in [6.45, 7) is 12.2. The van der Waals surface area contributed by atoms with Crippen molar-refractivity contribution in [1.82, 2.24) is 9.13 Å². The van der Waals surface area contributed by atoms with Gasteiger partial charge >= 0.3 is 11.9 Å². The summed E-state index contributed by atoms with van der Waals surface area (Å²) in [5, 5.41) is 0.995. The largest absolute Gasteiger partial charge is 0.493 e. The van der Waals surface area contributed by atoms with E-state index in [1.807, 2.05) is 63.2 Å². The fraction of sp³-hybridized carbons (Fsp3) is 0.300. The lowest BCUT2D eigenvalue weighted by atomic mass is 9.95. The van der Waals surface area contributed by atoms with E-state index in [9.17, 15) is 14.4 Å². The number of para-hydroxylation sites is 1. The van der Waals surface area contributed by atoms with Gasteiger partial charge in [-0.2, -0.15) is 0 Å². The minimum absolute atomic E-state index is 0.0778. The van der Waals surface area contributed by atoms with Gasteiger partial charge < -0.3 is 23.5 Å². The zero-order valence-electron chi connectivity index (χ0n) is 29.8. The average molecular weight is 708 g/mol. The van der Waals surface area contributed by atoms with Gasteiger partial charge in [-0.15, -0.1) is 0 Å². The molecule has 0 amide bonds. The van der Waals surface area contributed by atoms with Gasteiger partial charge in [-0.3, -0.25) is 9.36 Å². The predicted octanol–water partition coefficient (Wildman–Crippen LogP) is 6.08. The number of rotatable bonds is 11. The molecule has 1 aliphatic heterocycles. The zero-order chi connectivity index (χ0) is 36.4. The lowest BCUT2D eigenvalue weighted by molar-refractivity contribution is -0.139. The van der Waals surface area contributed by atoms with E-state index in [0.717, 1.165) is 27.7 Å². The van der Waals surface area contributed by atoms with Gasteiger partial charge in [-0.1, -0.05) is 47.7 Å². The van der Waals surface area contributed by atoms with Gasteiger partial charge in [0.2, 0.25) is 0 Å². The summed E-state index contributed by atoms with van der Waals surface area (Å²) in [6.07, 6.45) is 1.84. The Labute approximate surface area is 299 Å². The second-order valence-electron chi connectivity index (χ2n) is 12.4. The van der Waals surface area contributed by atoms with E-state index in [0.29, 0.717) is 50.8 Å². The van der Waals surface area contributed by atoms with E-state index in [1.165, 1.54) is 11.3 Å². The van der Waals surface area contributed by atoms with Gasteiger partial charge in [0.05, 0.1) is 53.8 Å². The number of benzene rings is 3. The van der Waals surface area contributed by atoms with Crippen LogP contribution in [0.5, 0.6) is 11.5 Å². The number of thiazole rings is 1. The highest BCUT2D eigenvalue weighted by atomic mass is 32.1. The van der Waals surface area contributed by atoms with Crippen molar-refractivity contribution in [2.24, 2.45) is 4.99 Å². The van der Waals surface area contributed by atoms with E-state index >= 15 is 0 Å². The van der Waals surface area contributed by atoms with Crippen LogP contribution in [0.1, 0.15) is 73.4 Å². The first-order valence-corrected chi connectivity index (χ1v) is 17.8. The Kier molecular flexibility index (Phi) is 10.3. The summed E-state index contributed by atoms with van der Waals surface area (Å²) in [7, 11) is 1.56. The summed E-state index contributed by atoms with van der Waals surface area (Å²) in [6, 6.07) is 20.1. The highest BCUT2D eigenvalue weighted by Gasteiger charge is 2.34. The van der Waals surface area contributed by atoms with Gasteiger partial charge in [0.25, 0.3) is 5.56 Å². The van der Waals surface area contributed by atoms with Gasteiger partial charge in [-0.05, 0) is 89.1 Å². The number of carbonyl (C=O) groups is 2. The minimum atomic E-state index is -0.801. The zero-order valence-corrected chi connectivity index (χ0v) is 30.6. The molecule has 0 saturated heterocycles. The standard InChI is InChI=1S/C40H41N3O7S/c1-8-48-38(45)27-16-14-26(15-17-27)22-42-25(6)30(29-12-10-11-13-31(29)42)21-34-37(44)43-36(28-18-19-32(50-23(3)4)33(20-28)47-7)35(39(46)49-9-2)24(5)41-40(43)51-34/h10-21,23,36H,8-9,22H2,1-7H3/b34-21+/t36-/m0/s1. The van der Waals surface area contributed by atoms with Gasteiger partial charge in [-0.25, -0.2) is 14.6 Å². The Morgan fingerprint density at radius 1 is 0.941 bits per heavy atom. The molecule has 0 saturated carbocycles. The van der Waals surface area contributed by atoms with Crippen LogP contribution in [0.25, 0.3) is 17.0 Å². The van der Waals surface area contributed by atoms with Crippen LogP contribution in [0.4, 0.5) is 0 Å². The maximum atomic E-state index is 14.5. The molecule has 1 aliphatic rings. The molecule has 1 atom stereocenters. The molecule has 5 aromatic rings. The van der Waals surface area contributed by atoms with Gasteiger partial charge in [0.1, 0.15) is 0 Å². The number of methoxy groups -OCH3 is 1. The molecule has 2 aromatic heterocycles. The van der Waals surface area contributed by atoms with Crippen LogP contribution in [-0.2, 0) is 20.8 Å². The van der Waals surface area contributed by atoms with Crippen molar-refractivity contribution in [3.05, 3.63) is 126 Å². The first-order chi connectivity index (χ1) is 24.6. The van der Waals surface area contributed by atoms with Crippen molar-refractivity contribution < 1.29 is 28.5 Å². The van der Waals surface area contributed by atoms with Gasteiger partial charge in [0, 0.05) is 28.7 Å². The Balaban J connectivity index is 1.48. The van der Waals surface area contributed by atoms with E-state index in [1.54, 1.807) is 56.7 Å². The van der Waals surface area contributed by atoms with Crippen molar-refractivity contribution in [1.29, 1.82) is 0 Å². The predicted molar refractivity (Wildman–Crippen MR) is 197 cm³/mol. The highest BCUT2D eigenvalue weighted by molar-refractivity contribution is 7.07. The fourth-order valence-electron chi connectivity index (χ4n) is 6.43. The molecule has 0 unspecified atom stereocenters. The topological polar surface area (TPSA) is 110 Å². The van der Waals surface area contributed by atoms with Crippen molar-refractivity contribution in [3.63, 3.8) is 0 Å². The van der Waals surface area contributed by atoms with Crippen LogP contribution < -0.4 is 24.4 Å². The summed E-state index contributed by atoms with van der Waals surface area (Å²) in [5.74, 6) is 0.163. The third-order valence-electron chi connectivity index (χ3n) is 8.74. The number of esters is 2. The monoisotopic (exact) mass is 707 g/mol. The van der Waals surface area contributed by atoms with Crippen LogP contribution in [-0.4, -0.2) is 47.5 Å². The van der Waals surface area contributed by atoms with E-state index in [4.69, 9.17) is 23.9 Å². The third kappa shape index (κ3) is 6.86. The van der Waals surface area contributed by atoms with Crippen molar-refractivity contribution in [3.8, 4) is 11.5 Å². The minimum Gasteiger partial charge on any atom is -0.493 e. The number of carbonyl (C=O) groups excluding carboxylic acids is 2. The summed E-state index contributed by atoms with van der Waals surface area (Å²) in [4.78, 5) is 45.4. The smallest absolute Gasteiger partial charge is 0.338 e. The molecule has 0 spiro atoms. The van der Waals surface area contributed by atoms with E-state index < -0.39 is 12.0 Å². The van der Waals surface area contributed by atoms with Crippen LogP contribution in [0.15, 0.2) is 87.8 Å². The summed E-state index contributed by atoms with van der Waals surface area (Å²) in [5.41, 5.74) is 5.57. The third-order valence-corrected chi connectivity index (χ3v) is 9.73. The number of hydrogen-bond acceptors (Lipinski definition) is 9. The molecular weight excluding hydrogens is 667 g/mol. The normalized spacial score (nSPS) is 14.4. The molecule has 0 N–H and O–H groups in total. The quantitative estimate of drug-likeness (QED) is 0.153. The van der Waals surface area contributed by atoms with Crippen LogP contribution in [0, 0.1) is 6.92 Å². The molecule has 3 aromatic carbocycles. The second kappa shape index (κ2) is 14.8. The fourth-order valence-corrected chi connectivity index (χ4v) is 7.46. The molecule has 0 fully saturated rings. The number of hydrogen-bond donors (Lipinski definition) is 0. The molecule has 0 aliphatic carbocycles. The highest BCUT2D eigenvalue weighted by Crippen LogP contribution is 2.37. The molecule has 0 bridgehead atoms. The average Bonchev–Trinajstić information content (AvgIpc) is 3.56. The number of aromatic nitrogens is 2. The number of nitrogens with zero attached hydrogens (tertiary/aromatic N) is 3. The maximum absolute atomic E-state index is 14.5. The van der Waals surface area contributed by atoms with Crippen molar-refractivity contribution >= 4 is 40.3 Å². The number of allylic oxidation sites excluding steroid dienone is 1. The lowest BCUT2D eigenvalue weighted by Gasteiger charge is -2.25. The molecule has 0 radical (unpaired) electrons. The van der Waals surface area contributed by atoms with E-state index in [-0.39, 0.29) is 29.8 Å². The van der Waals surface area contributed by atoms with Crippen molar-refractivity contribution in [2.45, 2.75) is 60.2 Å². The van der Waals surface area contributed by atoms with Crippen molar-refractivity contribution in [2.75, 3.05) is 20.3 Å².